The number of hydrogen-bond acceptors (Lipinski definition) is 5. The minimum Gasteiger partial charge on any atom is -0.366 e. The quantitative estimate of drug-likeness (QED) is 0.761. The lowest BCUT2D eigenvalue weighted by atomic mass is 10.3. The predicted octanol–water partition coefficient (Wildman–Crippen LogP) is -0.492. The van der Waals surface area contributed by atoms with Crippen molar-refractivity contribution >= 4 is 21.7 Å². The molecular formula is C11H18N4O3S. The zero-order valence-corrected chi connectivity index (χ0v) is 12.0. The van der Waals surface area contributed by atoms with Crippen molar-refractivity contribution in [1.29, 1.82) is 0 Å². The Labute approximate surface area is 113 Å². The summed E-state index contributed by atoms with van der Waals surface area (Å²) in [5.41, 5.74) is 5.35. The molecule has 1 amide bonds. The van der Waals surface area contributed by atoms with Crippen LogP contribution in [0.25, 0.3) is 0 Å². The van der Waals surface area contributed by atoms with Crippen LogP contribution in [0.5, 0.6) is 0 Å². The number of sulfonamides is 1. The minimum absolute atomic E-state index is 0.241. The van der Waals surface area contributed by atoms with Crippen LogP contribution < -0.4 is 10.0 Å². The van der Waals surface area contributed by atoms with Crippen molar-refractivity contribution < 1.29 is 13.2 Å². The number of amides is 1. The second kappa shape index (κ2) is 5.98. The molecule has 0 aliphatic rings. The molecule has 0 saturated carbocycles. The smallest absolute Gasteiger partial charge is 0.250 e. The van der Waals surface area contributed by atoms with Gasteiger partial charge in [-0.05, 0) is 26.2 Å². The molecule has 1 aromatic heterocycles. The molecule has 0 fully saturated rings. The first-order chi connectivity index (χ1) is 8.71. The molecule has 19 heavy (non-hydrogen) atoms. The number of primary amides is 1. The van der Waals surface area contributed by atoms with Crippen LogP contribution in [0.15, 0.2) is 18.3 Å². The van der Waals surface area contributed by atoms with Gasteiger partial charge in [0.25, 0.3) is 0 Å². The summed E-state index contributed by atoms with van der Waals surface area (Å²) in [4.78, 5) is 16.8. The van der Waals surface area contributed by atoms with Crippen LogP contribution in [-0.2, 0) is 10.0 Å². The topological polar surface area (TPSA) is 96.6 Å². The SMILES string of the molecule is CN(C)CCN(c1ccc(C(N)=O)cn1)S(C)(=O)=O. The largest absolute Gasteiger partial charge is 0.366 e. The molecule has 0 aliphatic carbocycles. The van der Waals surface area contributed by atoms with Crippen molar-refractivity contribution in [3.63, 3.8) is 0 Å². The lowest BCUT2D eigenvalue weighted by molar-refractivity contribution is 0.1000. The highest BCUT2D eigenvalue weighted by Crippen LogP contribution is 2.14. The first-order valence-corrected chi connectivity index (χ1v) is 7.45. The molecule has 0 unspecified atom stereocenters. The maximum Gasteiger partial charge on any atom is 0.250 e. The molecule has 0 bridgehead atoms. The van der Waals surface area contributed by atoms with Gasteiger partial charge in [-0.25, -0.2) is 13.4 Å². The lowest BCUT2D eigenvalue weighted by Crippen LogP contribution is -2.36. The number of carbonyl (C=O) groups is 1. The number of rotatable bonds is 6. The van der Waals surface area contributed by atoms with Crippen LogP contribution >= 0.6 is 0 Å². The molecule has 8 heteroatoms. The summed E-state index contributed by atoms with van der Waals surface area (Å²) in [5, 5.41) is 0. The number of likely N-dealkylation sites (N-methyl/N-ethyl adjacent to an activating group) is 1. The highest BCUT2D eigenvalue weighted by molar-refractivity contribution is 7.92. The van der Waals surface area contributed by atoms with Crippen molar-refractivity contribution in [2.24, 2.45) is 5.73 Å². The van der Waals surface area contributed by atoms with Crippen molar-refractivity contribution in [3.8, 4) is 0 Å². The average Bonchev–Trinajstić information content (AvgIpc) is 2.27. The molecule has 0 saturated heterocycles. The van der Waals surface area contributed by atoms with Crippen LogP contribution in [0.2, 0.25) is 0 Å². The molecule has 0 aliphatic heterocycles. The van der Waals surface area contributed by atoms with Crippen molar-refractivity contribution in [2.45, 2.75) is 0 Å². The number of aromatic nitrogens is 1. The normalized spacial score (nSPS) is 11.6. The van der Waals surface area contributed by atoms with E-state index < -0.39 is 15.9 Å². The Kier molecular flexibility index (Phi) is 4.84. The van der Waals surface area contributed by atoms with E-state index in [9.17, 15) is 13.2 Å². The van der Waals surface area contributed by atoms with E-state index in [0.717, 1.165) is 6.26 Å². The Morgan fingerprint density at radius 2 is 1.95 bits per heavy atom. The monoisotopic (exact) mass is 286 g/mol. The number of pyridine rings is 1. The number of nitrogens with two attached hydrogens (primary N) is 1. The second-order valence-electron chi connectivity index (χ2n) is 4.41. The van der Waals surface area contributed by atoms with E-state index in [1.165, 1.54) is 22.6 Å². The van der Waals surface area contributed by atoms with Crippen LogP contribution in [-0.4, -0.2) is 57.6 Å². The van der Waals surface area contributed by atoms with E-state index in [0.29, 0.717) is 6.54 Å². The Morgan fingerprint density at radius 3 is 2.32 bits per heavy atom. The highest BCUT2D eigenvalue weighted by Gasteiger charge is 2.18. The van der Waals surface area contributed by atoms with Crippen LogP contribution in [0.3, 0.4) is 0 Å². The van der Waals surface area contributed by atoms with E-state index in [1.54, 1.807) is 0 Å². The van der Waals surface area contributed by atoms with Gasteiger partial charge in [0.1, 0.15) is 5.82 Å². The van der Waals surface area contributed by atoms with Gasteiger partial charge in [0.15, 0.2) is 0 Å². The minimum atomic E-state index is -3.42. The maximum absolute atomic E-state index is 11.7. The van der Waals surface area contributed by atoms with E-state index in [4.69, 9.17) is 5.73 Å². The van der Waals surface area contributed by atoms with Crippen molar-refractivity contribution in [1.82, 2.24) is 9.88 Å². The van der Waals surface area contributed by atoms with Crippen molar-refractivity contribution in [3.05, 3.63) is 23.9 Å². The fourth-order valence-electron chi connectivity index (χ4n) is 1.42. The third-order valence-electron chi connectivity index (χ3n) is 2.44. The first kappa shape index (κ1) is 15.4. The third kappa shape index (κ3) is 4.49. The number of anilines is 1. The summed E-state index contributed by atoms with van der Waals surface area (Å²) < 4.78 is 24.7. The molecular weight excluding hydrogens is 268 g/mol. The highest BCUT2D eigenvalue weighted by atomic mass is 32.2. The number of nitrogens with zero attached hydrogens (tertiary/aromatic N) is 3. The van der Waals surface area contributed by atoms with Gasteiger partial charge in [-0.15, -0.1) is 0 Å². The van der Waals surface area contributed by atoms with Gasteiger partial charge < -0.3 is 10.6 Å². The Balaban J connectivity index is 3.01. The summed E-state index contributed by atoms with van der Waals surface area (Å²) in [6.07, 6.45) is 2.39. The first-order valence-electron chi connectivity index (χ1n) is 5.60. The Bertz CT molecular complexity index is 540. The maximum atomic E-state index is 11.7. The molecule has 106 valence electrons. The molecule has 7 nitrogen and oxygen atoms in total. The van der Waals surface area contributed by atoms with E-state index >= 15 is 0 Å². The molecule has 1 heterocycles. The van der Waals surface area contributed by atoms with Crippen LogP contribution in [0.4, 0.5) is 5.82 Å². The molecule has 0 radical (unpaired) electrons. The molecule has 0 atom stereocenters. The number of carbonyl (C=O) groups excluding carboxylic acids is 1. The number of hydrogen-bond donors (Lipinski definition) is 1. The summed E-state index contributed by atoms with van der Waals surface area (Å²) in [7, 11) is 0.284. The molecule has 0 aromatic carbocycles. The summed E-state index contributed by atoms with van der Waals surface area (Å²) in [6.45, 7) is 0.848. The summed E-state index contributed by atoms with van der Waals surface area (Å²) in [5.74, 6) is -0.326. The predicted molar refractivity (Wildman–Crippen MR) is 73.5 cm³/mol. The van der Waals surface area contributed by atoms with Crippen LogP contribution in [0.1, 0.15) is 10.4 Å². The van der Waals surface area contributed by atoms with Gasteiger partial charge in [-0.3, -0.25) is 9.10 Å². The average molecular weight is 286 g/mol. The standard InChI is InChI=1S/C11H18N4O3S/c1-14(2)6-7-15(19(3,17)18)10-5-4-9(8-13-10)11(12)16/h4-5,8H,6-7H2,1-3H3,(H2,12,16). The van der Waals surface area contributed by atoms with Gasteiger partial charge in [-0.1, -0.05) is 0 Å². The fourth-order valence-corrected chi connectivity index (χ4v) is 2.28. The van der Waals surface area contributed by atoms with E-state index in [2.05, 4.69) is 4.98 Å². The molecule has 1 aromatic rings. The van der Waals surface area contributed by atoms with Gasteiger partial charge in [0.2, 0.25) is 15.9 Å². The van der Waals surface area contributed by atoms with Crippen molar-refractivity contribution in [2.75, 3.05) is 37.7 Å². The Morgan fingerprint density at radius 1 is 1.32 bits per heavy atom. The second-order valence-corrected chi connectivity index (χ2v) is 6.31. The summed E-state index contributed by atoms with van der Waals surface area (Å²) in [6, 6.07) is 2.93. The molecule has 0 spiro atoms. The van der Waals surface area contributed by atoms with Gasteiger partial charge >= 0.3 is 0 Å². The molecule has 1 rings (SSSR count). The summed E-state index contributed by atoms with van der Waals surface area (Å²) >= 11 is 0. The molecule has 2 N–H and O–H groups in total. The van der Waals surface area contributed by atoms with E-state index in [1.807, 2.05) is 19.0 Å². The van der Waals surface area contributed by atoms with Gasteiger partial charge in [0.05, 0.1) is 11.8 Å². The third-order valence-corrected chi connectivity index (χ3v) is 3.61. The van der Waals surface area contributed by atoms with Gasteiger partial charge in [-0.2, -0.15) is 0 Å². The van der Waals surface area contributed by atoms with Crippen LogP contribution in [0, 0.1) is 0 Å². The van der Waals surface area contributed by atoms with E-state index in [-0.39, 0.29) is 17.9 Å². The Hall–Kier alpha value is -1.67. The lowest BCUT2D eigenvalue weighted by Gasteiger charge is -2.23. The zero-order valence-electron chi connectivity index (χ0n) is 11.2. The fraction of sp³-hybridized carbons (Fsp3) is 0.455. The van der Waals surface area contributed by atoms with Gasteiger partial charge in [0, 0.05) is 19.3 Å². The zero-order chi connectivity index (χ0) is 14.6.